The standard InChI is InChI=1S/C57H98N18O20/c1-11-29(8)45(69-38(81)22-62-35(78)20-58)52(91)64-21-36(79)63-23-39(82)70-47(31(10)77)55(94)73-44(28(6)7)56(95)75-19-13-15-34(75)50(89)72-42(26(2)3)51(90)65-24-37(80)67-32(14-12-18-61-57(59)60)48(87)71-43(27(4)5)54(93)68-33(16-17-40(83)84)49(88)74-46(30(9)76)53(92)66-25-41(85)86/h26-34,42-47,76-77H,11-25,58H2,1-10H3,(H,62,78)(H,63,79)(H,64,91)(H,65,90)(H,66,92)(H,67,80)(H,68,93)(H,69,81)(H,70,82)(H,71,87)(H,72,89)(H,73,94)(H,74,88)(H,83,84)(H,85,86)(H4,59,60,61)/t29-,30+,31+,32-,33-,34-,42-,43-,44-,45-,46-,47-/m0/s1. The van der Waals surface area contributed by atoms with Crippen LogP contribution in [0.4, 0.5) is 0 Å². The van der Waals surface area contributed by atoms with E-state index in [1.165, 1.54) is 25.7 Å². The molecule has 0 bridgehead atoms. The topological polar surface area (TPSA) is 604 Å². The van der Waals surface area contributed by atoms with E-state index in [9.17, 15) is 92.0 Å². The van der Waals surface area contributed by atoms with Crippen molar-refractivity contribution in [3.63, 3.8) is 0 Å². The predicted molar refractivity (Wildman–Crippen MR) is 336 cm³/mol. The van der Waals surface area contributed by atoms with Crippen LogP contribution in [0.15, 0.2) is 4.99 Å². The first-order valence-electron chi connectivity index (χ1n) is 31.0. The summed E-state index contributed by atoms with van der Waals surface area (Å²) in [7, 11) is 0. The number of hydrogen-bond acceptors (Lipinski definition) is 20. The van der Waals surface area contributed by atoms with E-state index in [1.54, 1.807) is 41.5 Å². The van der Waals surface area contributed by atoms with E-state index in [1.807, 2.05) is 5.32 Å². The average Bonchev–Trinajstić information content (AvgIpc) is 1.77. The molecule has 1 saturated heterocycles. The van der Waals surface area contributed by atoms with Gasteiger partial charge in [-0.05, 0) is 69.6 Å². The zero-order chi connectivity index (χ0) is 72.6. The van der Waals surface area contributed by atoms with Gasteiger partial charge in [0.15, 0.2) is 5.96 Å². The van der Waals surface area contributed by atoms with Crippen molar-refractivity contribution in [1.82, 2.24) is 74.0 Å². The summed E-state index contributed by atoms with van der Waals surface area (Å²) in [5.74, 6) is -17.9. The molecule has 1 rings (SSSR count). The third-order valence-electron chi connectivity index (χ3n) is 14.7. The highest BCUT2D eigenvalue weighted by molar-refractivity contribution is 5.99. The first-order chi connectivity index (χ1) is 44.4. The molecule has 1 fully saturated rings. The molecule has 0 aromatic rings. The van der Waals surface area contributed by atoms with E-state index in [-0.39, 0.29) is 44.9 Å². The molecule has 95 heavy (non-hydrogen) atoms. The largest absolute Gasteiger partial charge is 0.481 e. The van der Waals surface area contributed by atoms with Gasteiger partial charge in [0.1, 0.15) is 60.9 Å². The number of rotatable bonds is 42. The summed E-state index contributed by atoms with van der Waals surface area (Å²) in [6, 6.07) is -13.0. The molecule has 536 valence electrons. The van der Waals surface area contributed by atoms with Crippen LogP contribution >= 0.6 is 0 Å². The quantitative estimate of drug-likeness (QED) is 0.0153. The lowest BCUT2D eigenvalue weighted by atomic mass is 9.98. The third-order valence-corrected chi connectivity index (χ3v) is 14.7. The van der Waals surface area contributed by atoms with Gasteiger partial charge in [0.05, 0.1) is 44.9 Å². The number of carbonyl (C=O) groups is 16. The Balaban J connectivity index is 3.19. The fourth-order valence-electron chi connectivity index (χ4n) is 9.16. The molecule has 0 spiro atoms. The molecular weight excluding hydrogens is 1260 g/mol. The van der Waals surface area contributed by atoms with Gasteiger partial charge in [0.25, 0.3) is 0 Å². The van der Waals surface area contributed by atoms with Crippen LogP contribution in [-0.4, -0.2) is 245 Å². The summed E-state index contributed by atoms with van der Waals surface area (Å²) in [5.41, 5.74) is 16.1. The lowest BCUT2D eigenvalue weighted by molar-refractivity contribution is -0.144. The number of nitrogens with one attached hydrogen (secondary N) is 13. The monoisotopic (exact) mass is 1350 g/mol. The first-order valence-corrected chi connectivity index (χ1v) is 31.0. The Hall–Kier alpha value is -9.33. The molecular formula is C57H98N18O20. The molecule has 0 aromatic heterocycles. The number of aliphatic imine (C=N–C) groups is 1. The molecule has 0 aromatic carbocycles. The summed E-state index contributed by atoms with van der Waals surface area (Å²) in [5, 5.41) is 70.0. The summed E-state index contributed by atoms with van der Waals surface area (Å²) in [6.07, 6.45) is -3.62. The van der Waals surface area contributed by atoms with E-state index in [0.717, 1.165) is 6.92 Å². The van der Waals surface area contributed by atoms with Crippen molar-refractivity contribution >= 4 is 101 Å². The van der Waals surface area contributed by atoms with E-state index in [2.05, 4.69) is 68.8 Å². The molecule has 12 atom stereocenters. The highest BCUT2D eigenvalue weighted by Gasteiger charge is 2.42. The average molecular weight is 1360 g/mol. The van der Waals surface area contributed by atoms with Crippen molar-refractivity contribution in [3.05, 3.63) is 0 Å². The molecule has 1 aliphatic rings. The molecule has 38 nitrogen and oxygen atoms in total. The number of aliphatic carboxylic acids is 2. The zero-order valence-electron chi connectivity index (χ0n) is 55.2. The van der Waals surface area contributed by atoms with Gasteiger partial charge < -0.3 is 112 Å². The Morgan fingerprint density at radius 1 is 0.474 bits per heavy atom. The number of amides is 14. The normalized spacial score (nSPS) is 16.1. The fraction of sp³-hybridized carbons (Fsp3) is 0.702. The Kier molecular flexibility index (Phi) is 37.1. The van der Waals surface area contributed by atoms with Crippen molar-refractivity contribution in [1.29, 1.82) is 0 Å². The van der Waals surface area contributed by atoms with Crippen LogP contribution in [0.3, 0.4) is 0 Å². The molecule has 0 radical (unpaired) electrons. The van der Waals surface area contributed by atoms with Crippen LogP contribution in [0.5, 0.6) is 0 Å². The zero-order valence-corrected chi connectivity index (χ0v) is 55.2. The number of nitrogens with two attached hydrogens (primary N) is 3. The first kappa shape index (κ1) is 83.7. The Morgan fingerprint density at radius 3 is 1.41 bits per heavy atom. The second kappa shape index (κ2) is 42.1. The summed E-state index contributed by atoms with van der Waals surface area (Å²) in [6.45, 7) is 11.2. The molecule has 14 amide bonds. The Labute approximate surface area is 549 Å². The maximum atomic E-state index is 14.3. The van der Waals surface area contributed by atoms with Crippen molar-refractivity contribution in [3.8, 4) is 0 Å². The van der Waals surface area contributed by atoms with Crippen LogP contribution in [0.25, 0.3) is 0 Å². The van der Waals surface area contributed by atoms with Crippen molar-refractivity contribution in [2.75, 3.05) is 52.4 Å². The van der Waals surface area contributed by atoms with E-state index < -0.39 is 230 Å². The SMILES string of the molecule is CC[C@H](C)[C@H](NC(=O)CNC(=O)CN)C(=O)NCC(=O)NCC(=O)N[C@H](C(=O)N[C@H](C(=O)N1CCC[C@H]1C(=O)N[C@H](C(=O)NCC(=O)N[C@@H](CCCN=C(N)N)C(=O)N[C@H](C(=O)N[C@@H](CCC(=O)O)C(=O)N[C@H](C(=O)NCC(=O)O)[C@@H](C)O)C(C)C)C(C)C)C(C)C)[C@@H](C)O. The van der Waals surface area contributed by atoms with Gasteiger partial charge in [0, 0.05) is 19.5 Å². The Bertz CT molecular complexity index is 2740. The number of aliphatic hydroxyl groups is 2. The minimum absolute atomic E-state index is 0.0308. The van der Waals surface area contributed by atoms with Gasteiger partial charge in [-0.1, -0.05) is 61.8 Å². The van der Waals surface area contributed by atoms with Crippen molar-refractivity contribution < 1.29 is 97.1 Å². The lowest BCUT2D eigenvalue weighted by Gasteiger charge is -2.32. The lowest BCUT2D eigenvalue weighted by Crippen LogP contribution is -2.61. The highest BCUT2D eigenvalue weighted by atomic mass is 16.4. The van der Waals surface area contributed by atoms with Crippen LogP contribution in [-0.2, 0) is 76.7 Å². The van der Waals surface area contributed by atoms with Gasteiger partial charge in [-0.15, -0.1) is 0 Å². The number of carboxylic acids is 2. The smallest absolute Gasteiger partial charge is 0.322 e. The number of carboxylic acid groups (broad SMARTS) is 2. The number of likely N-dealkylation sites (tertiary alicyclic amines) is 1. The van der Waals surface area contributed by atoms with Crippen molar-refractivity contribution in [2.45, 2.75) is 181 Å². The van der Waals surface area contributed by atoms with E-state index in [4.69, 9.17) is 22.3 Å². The number of carbonyl (C=O) groups excluding carboxylic acids is 14. The molecule has 1 aliphatic heterocycles. The van der Waals surface area contributed by atoms with E-state index >= 15 is 0 Å². The van der Waals surface area contributed by atoms with Crippen LogP contribution in [0.1, 0.15) is 114 Å². The number of aliphatic hydroxyl groups excluding tert-OH is 2. The predicted octanol–water partition coefficient (Wildman–Crippen LogP) is -8.83. The fourth-order valence-corrected chi connectivity index (χ4v) is 9.16. The van der Waals surface area contributed by atoms with Crippen LogP contribution in [0.2, 0.25) is 0 Å². The van der Waals surface area contributed by atoms with Crippen molar-refractivity contribution in [2.24, 2.45) is 45.9 Å². The number of guanidine groups is 1. The van der Waals surface area contributed by atoms with Gasteiger partial charge in [-0.3, -0.25) is 81.7 Å². The second-order valence-corrected chi connectivity index (χ2v) is 23.7. The van der Waals surface area contributed by atoms with Gasteiger partial charge in [-0.25, -0.2) is 0 Å². The summed E-state index contributed by atoms with van der Waals surface area (Å²) in [4.78, 5) is 214. The maximum Gasteiger partial charge on any atom is 0.322 e. The third kappa shape index (κ3) is 30.5. The summed E-state index contributed by atoms with van der Waals surface area (Å²) >= 11 is 0. The number of nitrogens with zero attached hydrogens (tertiary/aromatic N) is 2. The maximum absolute atomic E-state index is 14.3. The van der Waals surface area contributed by atoms with Crippen LogP contribution < -0.4 is 86.3 Å². The molecule has 1 heterocycles. The molecule has 0 saturated carbocycles. The highest BCUT2D eigenvalue weighted by Crippen LogP contribution is 2.22. The second-order valence-electron chi connectivity index (χ2n) is 23.7. The summed E-state index contributed by atoms with van der Waals surface area (Å²) < 4.78 is 0. The van der Waals surface area contributed by atoms with Gasteiger partial charge in [0.2, 0.25) is 82.7 Å². The Morgan fingerprint density at radius 2 is 0.905 bits per heavy atom. The van der Waals surface area contributed by atoms with Gasteiger partial charge >= 0.3 is 11.9 Å². The minimum Gasteiger partial charge on any atom is -0.481 e. The minimum atomic E-state index is -1.75. The van der Waals surface area contributed by atoms with E-state index in [0.29, 0.717) is 12.8 Å². The van der Waals surface area contributed by atoms with Gasteiger partial charge in [-0.2, -0.15) is 0 Å². The molecule has 38 heteroatoms. The van der Waals surface area contributed by atoms with Crippen LogP contribution in [0, 0.1) is 23.7 Å². The molecule has 0 aliphatic carbocycles. The molecule has 0 unspecified atom stereocenters. The number of hydrogen-bond donors (Lipinski definition) is 20. The molecule has 23 N–H and O–H groups in total.